The van der Waals surface area contributed by atoms with Gasteiger partial charge in [-0.05, 0) is 30.6 Å². The third-order valence-electron chi connectivity index (χ3n) is 4.12. The van der Waals surface area contributed by atoms with Gasteiger partial charge in [0, 0.05) is 0 Å². The summed E-state index contributed by atoms with van der Waals surface area (Å²) in [6, 6.07) is 0. The maximum atomic E-state index is 9.98. The van der Waals surface area contributed by atoms with Crippen molar-refractivity contribution in [3.8, 4) is 0 Å². The molecule has 0 radical (unpaired) electrons. The van der Waals surface area contributed by atoms with Crippen LogP contribution in [-0.4, -0.2) is 23.9 Å². The quantitative estimate of drug-likeness (QED) is 0.755. The van der Waals surface area contributed by atoms with Gasteiger partial charge in [0.1, 0.15) is 0 Å². The van der Waals surface area contributed by atoms with Crippen LogP contribution < -0.4 is 0 Å². The Balaban J connectivity index is 2.45. The molecule has 1 fully saturated rings. The summed E-state index contributed by atoms with van der Waals surface area (Å²) < 4.78 is 5.44. The molecular weight excluding hydrogens is 176 g/mol. The summed E-state index contributed by atoms with van der Waals surface area (Å²) >= 11 is 0. The van der Waals surface area contributed by atoms with Gasteiger partial charge in [-0.3, -0.25) is 0 Å². The molecular formula is C12H24O2. The molecule has 1 N–H and O–H groups in total. The molecule has 1 rings (SSSR count). The number of aliphatic hydroxyl groups excluding tert-OH is 1. The molecule has 0 aromatic heterocycles. The van der Waals surface area contributed by atoms with Crippen LogP contribution >= 0.6 is 0 Å². The van der Waals surface area contributed by atoms with E-state index in [2.05, 4.69) is 27.7 Å². The second kappa shape index (κ2) is 3.49. The van der Waals surface area contributed by atoms with E-state index in [1.165, 1.54) is 0 Å². The first kappa shape index (κ1) is 12.0. The van der Waals surface area contributed by atoms with Crippen molar-refractivity contribution in [1.82, 2.24) is 0 Å². The van der Waals surface area contributed by atoms with Crippen LogP contribution in [0.4, 0.5) is 0 Å². The monoisotopic (exact) mass is 200 g/mol. The second-order valence-electron chi connectivity index (χ2n) is 5.87. The Hall–Kier alpha value is -0.0800. The van der Waals surface area contributed by atoms with E-state index >= 15 is 0 Å². The van der Waals surface area contributed by atoms with Gasteiger partial charge in [0.2, 0.25) is 0 Å². The third-order valence-corrected chi connectivity index (χ3v) is 4.12. The second-order valence-corrected chi connectivity index (χ2v) is 5.87. The summed E-state index contributed by atoms with van der Waals surface area (Å²) in [5.41, 5.74) is 0.486. The van der Waals surface area contributed by atoms with E-state index < -0.39 is 0 Å². The molecule has 0 aliphatic heterocycles. The van der Waals surface area contributed by atoms with Gasteiger partial charge in [-0.1, -0.05) is 27.7 Å². The van der Waals surface area contributed by atoms with Crippen molar-refractivity contribution in [2.45, 2.75) is 53.8 Å². The summed E-state index contributed by atoms with van der Waals surface area (Å²) in [4.78, 5) is 0. The molecule has 0 amide bonds. The summed E-state index contributed by atoms with van der Waals surface area (Å²) in [6.07, 6.45) is -0.114. The lowest BCUT2D eigenvalue weighted by Gasteiger charge is -2.15. The van der Waals surface area contributed by atoms with Gasteiger partial charge in [0.05, 0.1) is 18.8 Å². The first-order valence-corrected chi connectivity index (χ1v) is 5.51. The van der Waals surface area contributed by atoms with Crippen LogP contribution in [0.2, 0.25) is 0 Å². The lowest BCUT2D eigenvalue weighted by atomic mass is 10.0. The van der Waals surface area contributed by atoms with Crippen molar-refractivity contribution in [3.63, 3.8) is 0 Å². The average molecular weight is 200 g/mol. The van der Waals surface area contributed by atoms with E-state index in [-0.39, 0.29) is 23.0 Å². The summed E-state index contributed by atoms with van der Waals surface area (Å²) in [6.45, 7) is 13.3. The van der Waals surface area contributed by atoms with Crippen LogP contribution in [0.25, 0.3) is 0 Å². The first-order chi connectivity index (χ1) is 6.21. The van der Waals surface area contributed by atoms with Crippen molar-refractivity contribution in [1.29, 1.82) is 0 Å². The predicted molar refractivity (Wildman–Crippen MR) is 58.1 cm³/mol. The molecule has 2 heteroatoms. The zero-order valence-corrected chi connectivity index (χ0v) is 10.3. The van der Waals surface area contributed by atoms with Crippen LogP contribution in [0.5, 0.6) is 0 Å². The number of aliphatic hydroxyl groups is 1. The molecule has 1 unspecified atom stereocenters. The molecule has 0 saturated heterocycles. The fourth-order valence-electron chi connectivity index (χ4n) is 2.60. The van der Waals surface area contributed by atoms with Crippen LogP contribution in [0.1, 0.15) is 41.5 Å². The minimum Gasteiger partial charge on any atom is -0.390 e. The normalized spacial score (nSPS) is 26.6. The van der Waals surface area contributed by atoms with E-state index in [0.717, 1.165) is 0 Å². The molecule has 0 bridgehead atoms. The predicted octanol–water partition coefficient (Wildman–Crippen LogP) is 2.45. The molecule has 0 heterocycles. The van der Waals surface area contributed by atoms with Crippen molar-refractivity contribution in [3.05, 3.63) is 0 Å². The van der Waals surface area contributed by atoms with Gasteiger partial charge in [0.15, 0.2) is 0 Å². The molecule has 1 aliphatic carbocycles. The Labute approximate surface area is 87.7 Å². The third kappa shape index (κ3) is 1.82. The molecule has 84 valence electrons. The van der Waals surface area contributed by atoms with Crippen LogP contribution in [-0.2, 0) is 4.74 Å². The van der Waals surface area contributed by atoms with Crippen LogP contribution in [0, 0.1) is 16.7 Å². The Morgan fingerprint density at radius 3 is 1.86 bits per heavy atom. The lowest BCUT2D eigenvalue weighted by molar-refractivity contribution is -0.0107. The fraction of sp³-hybridized carbons (Fsp3) is 1.00. The molecule has 1 atom stereocenters. The Bertz CT molecular complexity index is 192. The van der Waals surface area contributed by atoms with Gasteiger partial charge in [-0.25, -0.2) is 0 Å². The van der Waals surface area contributed by atoms with Crippen LogP contribution in [0.3, 0.4) is 0 Å². The molecule has 0 aromatic carbocycles. The SMILES string of the molecule is CC(C)OCC(O)C1C(C)(C)C1(C)C. The highest BCUT2D eigenvalue weighted by atomic mass is 16.5. The largest absolute Gasteiger partial charge is 0.390 e. The molecule has 0 aromatic rings. The average Bonchev–Trinajstić information content (AvgIpc) is 2.39. The maximum absolute atomic E-state index is 9.98. The van der Waals surface area contributed by atoms with E-state index in [0.29, 0.717) is 12.5 Å². The van der Waals surface area contributed by atoms with Gasteiger partial charge >= 0.3 is 0 Å². The van der Waals surface area contributed by atoms with E-state index in [4.69, 9.17) is 4.74 Å². The smallest absolute Gasteiger partial charge is 0.0812 e. The van der Waals surface area contributed by atoms with Crippen LogP contribution in [0.15, 0.2) is 0 Å². The Morgan fingerprint density at radius 1 is 1.14 bits per heavy atom. The fourth-order valence-corrected chi connectivity index (χ4v) is 2.60. The van der Waals surface area contributed by atoms with Crippen molar-refractivity contribution >= 4 is 0 Å². The maximum Gasteiger partial charge on any atom is 0.0812 e. The summed E-state index contributed by atoms with van der Waals surface area (Å²) in [5, 5.41) is 9.98. The molecule has 14 heavy (non-hydrogen) atoms. The van der Waals surface area contributed by atoms with Gasteiger partial charge < -0.3 is 9.84 Å². The molecule has 2 nitrogen and oxygen atoms in total. The van der Waals surface area contributed by atoms with E-state index in [9.17, 15) is 5.11 Å². The summed E-state index contributed by atoms with van der Waals surface area (Å²) in [7, 11) is 0. The van der Waals surface area contributed by atoms with Crippen molar-refractivity contribution < 1.29 is 9.84 Å². The van der Waals surface area contributed by atoms with E-state index in [1.807, 2.05) is 13.8 Å². The lowest BCUT2D eigenvalue weighted by Crippen LogP contribution is -2.23. The number of hydrogen-bond donors (Lipinski definition) is 1. The molecule has 1 aliphatic rings. The van der Waals surface area contributed by atoms with Crippen molar-refractivity contribution in [2.24, 2.45) is 16.7 Å². The minimum atomic E-state index is -0.317. The highest BCUT2D eigenvalue weighted by Gasteiger charge is 2.67. The zero-order valence-electron chi connectivity index (χ0n) is 10.3. The van der Waals surface area contributed by atoms with Gasteiger partial charge in [0.25, 0.3) is 0 Å². The number of rotatable bonds is 4. The van der Waals surface area contributed by atoms with Crippen molar-refractivity contribution in [2.75, 3.05) is 6.61 Å². The summed E-state index contributed by atoms with van der Waals surface area (Å²) in [5.74, 6) is 0.369. The van der Waals surface area contributed by atoms with Gasteiger partial charge in [-0.2, -0.15) is 0 Å². The minimum absolute atomic E-state index is 0.203. The molecule has 1 saturated carbocycles. The molecule has 0 spiro atoms. The standard InChI is InChI=1S/C12H24O2/c1-8(2)14-7-9(13)10-11(3,4)12(10,5)6/h8-10,13H,7H2,1-6H3. The highest BCUT2D eigenvalue weighted by molar-refractivity contribution is 5.14. The Kier molecular flexibility index (Phi) is 2.99. The first-order valence-electron chi connectivity index (χ1n) is 5.51. The zero-order chi connectivity index (χ0) is 11.1. The van der Waals surface area contributed by atoms with Gasteiger partial charge in [-0.15, -0.1) is 0 Å². The highest BCUT2D eigenvalue weighted by Crippen LogP contribution is 2.69. The Morgan fingerprint density at radius 2 is 1.57 bits per heavy atom. The number of ether oxygens (including phenoxy) is 1. The van der Waals surface area contributed by atoms with E-state index in [1.54, 1.807) is 0 Å². The topological polar surface area (TPSA) is 29.5 Å². The number of hydrogen-bond acceptors (Lipinski definition) is 2.